The molecule has 0 N–H and O–H groups in total. The number of rotatable bonds is 7. The third kappa shape index (κ3) is 4.80. The molecular formula is C21H34FNO2S. The SMILES string of the molecule is CC(c1ccccc1)N1CC(CCCOS(C)(C)C(C)(C)C)C(F)C1=O. The van der Waals surface area contributed by atoms with E-state index in [2.05, 4.69) is 33.3 Å². The Morgan fingerprint density at radius 2 is 1.88 bits per heavy atom. The quantitative estimate of drug-likeness (QED) is 0.612. The molecule has 2 rings (SSSR count). The van der Waals surface area contributed by atoms with E-state index in [9.17, 15) is 9.18 Å². The van der Waals surface area contributed by atoms with Gasteiger partial charge in [-0.25, -0.2) is 4.39 Å². The Morgan fingerprint density at radius 1 is 1.27 bits per heavy atom. The summed E-state index contributed by atoms with van der Waals surface area (Å²) in [6.07, 6.45) is 4.44. The molecule has 3 nitrogen and oxygen atoms in total. The molecule has 148 valence electrons. The molecule has 0 radical (unpaired) electrons. The van der Waals surface area contributed by atoms with Crippen molar-refractivity contribution in [2.45, 2.75) is 57.5 Å². The number of benzene rings is 1. The first-order chi connectivity index (χ1) is 12.0. The molecule has 1 fully saturated rings. The van der Waals surface area contributed by atoms with Crippen LogP contribution in [0.1, 0.15) is 52.1 Å². The average Bonchev–Trinajstić information content (AvgIpc) is 2.86. The van der Waals surface area contributed by atoms with Crippen molar-refractivity contribution in [2.75, 3.05) is 25.7 Å². The van der Waals surface area contributed by atoms with Crippen LogP contribution >= 0.6 is 10.3 Å². The topological polar surface area (TPSA) is 29.5 Å². The summed E-state index contributed by atoms with van der Waals surface area (Å²) in [6, 6.07) is 9.74. The number of nitrogens with zero attached hydrogens (tertiary/aromatic N) is 1. The summed E-state index contributed by atoms with van der Waals surface area (Å²) in [5, 5.41) is 0. The van der Waals surface area contributed by atoms with Crippen LogP contribution in [0.15, 0.2) is 30.3 Å². The van der Waals surface area contributed by atoms with E-state index in [4.69, 9.17) is 4.18 Å². The van der Waals surface area contributed by atoms with Gasteiger partial charge in [0.2, 0.25) is 0 Å². The zero-order valence-electron chi connectivity index (χ0n) is 17.0. The molecule has 1 aromatic carbocycles. The van der Waals surface area contributed by atoms with Gasteiger partial charge in [0.25, 0.3) is 5.91 Å². The molecule has 3 unspecified atom stereocenters. The van der Waals surface area contributed by atoms with Gasteiger partial charge in [-0.2, -0.15) is 0 Å². The second kappa shape index (κ2) is 8.30. The zero-order valence-corrected chi connectivity index (χ0v) is 17.8. The zero-order chi connectivity index (χ0) is 19.5. The fourth-order valence-electron chi connectivity index (χ4n) is 3.08. The van der Waals surface area contributed by atoms with Gasteiger partial charge in [0.1, 0.15) is 0 Å². The Kier molecular flexibility index (Phi) is 6.78. The molecule has 5 heteroatoms. The van der Waals surface area contributed by atoms with E-state index in [-0.39, 0.29) is 22.6 Å². The highest BCUT2D eigenvalue weighted by Crippen LogP contribution is 2.53. The third-order valence-corrected chi connectivity index (χ3v) is 9.39. The number of carbonyl (C=O) groups excluding carboxylic acids is 1. The summed E-state index contributed by atoms with van der Waals surface area (Å²) in [6.45, 7) is 9.67. The minimum atomic E-state index is -1.39. The van der Waals surface area contributed by atoms with Crippen molar-refractivity contribution in [3.63, 3.8) is 0 Å². The van der Waals surface area contributed by atoms with Crippen molar-refractivity contribution in [2.24, 2.45) is 5.92 Å². The molecule has 0 saturated carbocycles. The third-order valence-electron chi connectivity index (χ3n) is 5.69. The highest BCUT2D eigenvalue weighted by molar-refractivity contribution is 8.29. The molecule has 0 spiro atoms. The van der Waals surface area contributed by atoms with Crippen LogP contribution in [0, 0.1) is 5.92 Å². The van der Waals surface area contributed by atoms with Crippen molar-refractivity contribution in [3.05, 3.63) is 35.9 Å². The second-order valence-electron chi connectivity index (χ2n) is 8.55. The van der Waals surface area contributed by atoms with E-state index in [0.717, 1.165) is 12.0 Å². The smallest absolute Gasteiger partial charge is 0.257 e. The van der Waals surface area contributed by atoms with Crippen LogP contribution in [0.25, 0.3) is 0 Å². The van der Waals surface area contributed by atoms with Gasteiger partial charge in [-0.1, -0.05) is 51.1 Å². The Balaban J connectivity index is 1.87. The number of hydrogen-bond donors (Lipinski definition) is 0. The molecule has 3 atom stereocenters. The van der Waals surface area contributed by atoms with Gasteiger partial charge in [0.15, 0.2) is 6.17 Å². The molecule has 1 aliphatic heterocycles. The van der Waals surface area contributed by atoms with Crippen molar-refractivity contribution >= 4 is 16.2 Å². The maximum absolute atomic E-state index is 14.5. The van der Waals surface area contributed by atoms with Crippen molar-refractivity contribution < 1.29 is 13.4 Å². The minimum absolute atomic E-state index is 0.0903. The Bertz CT molecular complexity index is 600. The largest absolute Gasteiger partial charge is 0.337 e. The fraction of sp³-hybridized carbons (Fsp3) is 0.667. The second-order valence-corrected chi connectivity index (χ2v) is 12.5. The van der Waals surface area contributed by atoms with Crippen LogP contribution in [0.2, 0.25) is 0 Å². The molecule has 1 heterocycles. The van der Waals surface area contributed by atoms with Crippen LogP contribution in [0.3, 0.4) is 0 Å². The molecule has 1 amide bonds. The van der Waals surface area contributed by atoms with Crippen LogP contribution < -0.4 is 0 Å². The first-order valence-electron chi connectivity index (χ1n) is 9.41. The highest BCUT2D eigenvalue weighted by atomic mass is 32.3. The first kappa shape index (κ1) is 21.2. The normalized spacial score (nSPS) is 23.3. The van der Waals surface area contributed by atoms with Crippen molar-refractivity contribution in [1.29, 1.82) is 0 Å². The molecule has 1 aliphatic rings. The van der Waals surface area contributed by atoms with E-state index in [1.807, 2.05) is 37.3 Å². The average molecular weight is 384 g/mol. The van der Waals surface area contributed by atoms with Gasteiger partial charge >= 0.3 is 0 Å². The lowest BCUT2D eigenvalue weighted by Crippen LogP contribution is -2.30. The molecular weight excluding hydrogens is 349 g/mol. The number of likely N-dealkylation sites (tertiary alicyclic amines) is 1. The summed E-state index contributed by atoms with van der Waals surface area (Å²) >= 11 is 0. The van der Waals surface area contributed by atoms with Crippen molar-refractivity contribution in [3.8, 4) is 0 Å². The van der Waals surface area contributed by atoms with Gasteiger partial charge in [-0.05, 0) is 37.8 Å². The molecule has 0 bridgehead atoms. The summed E-state index contributed by atoms with van der Waals surface area (Å²) in [4.78, 5) is 14.1. The van der Waals surface area contributed by atoms with E-state index >= 15 is 0 Å². The van der Waals surface area contributed by atoms with Crippen molar-refractivity contribution in [1.82, 2.24) is 4.90 Å². The Labute approximate surface area is 159 Å². The van der Waals surface area contributed by atoms with E-state index in [1.165, 1.54) is 0 Å². The number of hydrogen-bond acceptors (Lipinski definition) is 2. The first-order valence-corrected chi connectivity index (χ1v) is 11.8. The van der Waals surface area contributed by atoms with Gasteiger partial charge in [-0.3, -0.25) is 4.79 Å². The van der Waals surface area contributed by atoms with Crippen LogP contribution in [0.4, 0.5) is 4.39 Å². The van der Waals surface area contributed by atoms with Gasteiger partial charge in [0.05, 0.1) is 12.6 Å². The number of alkyl halides is 1. The summed E-state index contributed by atoms with van der Waals surface area (Å²) < 4.78 is 20.8. The summed E-state index contributed by atoms with van der Waals surface area (Å²) in [5.74, 6) is -0.599. The fourth-order valence-corrected chi connectivity index (χ4v) is 3.97. The molecule has 1 saturated heterocycles. The Morgan fingerprint density at radius 3 is 2.46 bits per heavy atom. The predicted octanol–water partition coefficient (Wildman–Crippen LogP) is 5.12. The number of amides is 1. The lowest BCUT2D eigenvalue weighted by Gasteiger charge is -2.43. The maximum Gasteiger partial charge on any atom is 0.257 e. The lowest BCUT2D eigenvalue weighted by molar-refractivity contribution is -0.133. The van der Waals surface area contributed by atoms with E-state index in [0.29, 0.717) is 19.6 Å². The summed E-state index contributed by atoms with van der Waals surface area (Å²) in [5.41, 5.74) is 1.05. The molecule has 1 aromatic rings. The summed E-state index contributed by atoms with van der Waals surface area (Å²) in [7, 11) is -1.15. The monoisotopic (exact) mass is 383 g/mol. The Hall–Kier alpha value is -1.07. The molecule has 0 aromatic heterocycles. The number of halogens is 1. The standard InChI is InChI=1S/C21H34FNO2S/c1-16(17-11-8-7-9-12-17)23-15-18(19(22)20(23)24)13-10-14-25-26(5,6)21(2,3)4/h7-9,11-12,16,18-19H,10,13-15H2,1-6H3. The lowest BCUT2D eigenvalue weighted by atomic mass is 10.0. The van der Waals surface area contributed by atoms with Gasteiger partial charge in [0, 0.05) is 17.2 Å². The minimum Gasteiger partial charge on any atom is -0.337 e. The van der Waals surface area contributed by atoms with E-state index < -0.39 is 16.5 Å². The van der Waals surface area contributed by atoms with Crippen LogP contribution in [0.5, 0.6) is 0 Å². The van der Waals surface area contributed by atoms with Crippen LogP contribution in [-0.4, -0.2) is 47.4 Å². The van der Waals surface area contributed by atoms with Gasteiger partial charge < -0.3 is 9.08 Å². The molecule has 0 aliphatic carbocycles. The molecule has 26 heavy (non-hydrogen) atoms. The van der Waals surface area contributed by atoms with E-state index in [1.54, 1.807) is 4.90 Å². The predicted molar refractivity (Wildman–Crippen MR) is 109 cm³/mol. The van der Waals surface area contributed by atoms with Crippen LogP contribution in [-0.2, 0) is 8.98 Å². The highest BCUT2D eigenvalue weighted by Gasteiger charge is 2.42. The number of carbonyl (C=O) groups is 1. The maximum atomic E-state index is 14.5. The van der Waals surface area contributed by atoms with Gasteiger partial charge in [-0.15, -0.1) is 10.3 Å².